The second-order valence-electron chi connectivity index (χ2n) is 16.2. The average Bonchev–Trinajstić information content (AvgIpc) is 3.85. The minimum atomic E-state index is -3.88. The van der Waals surface area contributed by atoms with Crippen molar-refractivity contribution in [3.63, 3.8) is 0 Å². The molecule has 0 aliphatic carbocycles. The van der Waals surface area contributed by atoms with Crippen LogP contribution < -0.4 is 22.1 Å². The number of nitrogens with zero attached hydrogens (tertiary/aromatic N) is 3. The Morgan fingerprint density at radius 1 is 0.600 bits per heavy atom. The maximum Gasteiger partial charge on any atom is 2.00 e. The summed E-state index contributed by atoms with van der Waals surface area (Å²) in [6, 6.07) is 39.7. The molecule has 2 N–H and O–H groups in total. The van der Waals surface area contributed by atoms with E-state index >= 15 is 0 Å². The van der Waals surface area contributed by atoms with Crippen LogP contribution in [0.5, 0.6) is 0 Å². The van der Waals surface area contributed by atoms with Crippen LogP contribution in [-0.4, -0.2) is 84.6 Å². The molecule has 1 fully saturated rings. The standard InChI is InChI=1S/C9H11Br.C9H11ClO2S.C9H11N3O2S.C9H13NO2S.C9H11.C4H8O.2CH4.BrH.2Mg.2H/c1-7(2)8-5-3-4-6-9(8)10;1-7(2)8-5-3-4-6-9(8)13(10,11)12;1-7(2)8-5-3-4-6-9(8)15(13,14)12-11-10;1-7(2)8-5-3-4-6-9(8)13(10,11)12;1-8(2)9-6-4-3-5-7-9;1-2-4-5-3-1;;;;;;;/h3-7H,1-2H3;3-7H,1-2H3;3-7H,1-2H3;3-7H,1-2H3,(H2,10,11,12);3-6,8H,1-2H3;1-4H2;2*1H4;1H;;;;/q;;;;-1;;;;;2*+2;2*-1/p-1. The Labute approximate surface area is 481 Å². The number of hydrogen-bond donors (Lipinski definition) is 1. The van der Waals surface area contributed by atoms with Gasteiger partial charge in [-0.1, -0.05) is 173 Å². The Kier molecular flexibility index (Phi) is 43.3. The van der Waals surface area contributed by atoms with E-state index in [0.717, 1.165) is 24.3 Å². The number of hydrogen-bond acceptors (Lipinski definition) is 7. The predicted molar refractivity (Wildman–Crippen MR) is 297 cm³/mol. The topological polar surface area (TPSA) is 186 Å². The summed E-state index contributed by atoms with van der Waals surface area (Å²) >= 11 is 3.50. The van der Waals surface area contributed by atoms with Crippen LogP contribution in [0.2, 0.25) is 0 Å². The molecular formula is C51H75Br2ClMg2N4O7S3. The van der Waals surface area contributed by atoms with Gasteiger partial charge in [0.15, 0.2) is 0 Å². The smallest absolute Gasteiger partial charge is 1.00 e. The molecule has 0 bridgehead atoms. The molecule has 1 aliphatic heterocycles. The summed E-state index contributed by atoms with van der Waals surface area (Å²) in [5.41, 5.74) is 13.0. The van der Waals surface area contributed by atoms with Gasteiger partial charge in [-0.3, -0.25) is 0 Å². The van der Waals surface area contributed by atoms with Crippen LogP contribution in [-0.2, 0) is 33.8 Å². The van der Waals surface area contributed by atoms with E-state index in [1.165, 1.54) is 46.6 Å². The molecule has 384 valence electrons. The number of rotatable bonds is 9. The fourth-order valence-corrected chi connectivity index (χ4v) is 9.83. The molecule has 5 aromatic carbocycles. The van der Waals surface area contributed by atoms with Crippen LogP contribution in [0.25, 0.3) is 10.4 Å². The number of sulfonamides is 2. The van der Waals surface area contributed by atoms with Crippen molar-refractivity contribution >= 4 is 102 Å². The summed E-state index contributed by atoms with van der Waals surface area (Å²) in [5.74, 6) is 1.59. The zero-order valence-electron chi connectivity index (χ0n) is 42.8. The normalized spacial score (nSPS) is 11.3. The third-order valence-electron chi connectivity index (χ3n) is 9.32. The molecular weight excluding hydrogens is 1120 g/mol. The van der Waals surface area contributed by atoms with Crippen molar-refractivity contribution in [1.82, 2.24) is 0 Å². The SMILES string of the molecule is C.C.C1CCOC1.CC(C)c1[c-]cccc1.CC(C)c1ccccc1Br.CC(C)c1ccccc1S(=O)(=O)Cl.CC(C)c1ccccc1S(=O)(=O)N=[N+]=[N-].CC(C)c1ccccc1S(N)(=O)=O.[Br-].[H-].[H-].[Mg+2].[Mg+2]. The number of halogens is 3. The third kappa shape index (κ3) is 29.6. The molecule has 0 amide bonds. The van der Waals surface area contributed by atoms with Crippen LogP contribution in [0, 0.1) is 6.07 Å². The maximum absolute atomic E-state index is 11.5. The number of nitrogens with two attached hydrogens (primary N) is 1. The van der Waals surface area contributed by atoms with Gasteiger partial charge in [-0.2, -0.15) is 35.9 Å². The molecule has 0 atom stereocenters. The zero-order chi connectivity index (χ0) is 49.4. The Hall–Kier alpha value is -2.04. The Morgan fingerprint density at radius 2 is 0.957 bits per heavy atom. The van der Waals surface area contributed by atoms with E-state index in [9.17, 15) is 25.3 Å². The van der Waals surface area contributed by atoms with E-state index in [1.807, 2.05) is 71.9 Å². The number of ether oxygens (including phenoxy) is 1. The van der Waals surface area contributed by atoms with E-state index in [0.29, 0.717) is 17.4 Å². The van der Waals surface area contributed by atoms with Gasteiger partial charge in [0.2, 0.25) is 10.0 Å². The number of benzene rings is 5. The second kappa shape index (κ2) is 39.4. The monoisotopic (exact) mass is 1190 g/mol. The fraction of sp³-hybridized carbons (Fsp3) is 0.412. The average molecular weight is 1200 g/mol. The van der Waals surface area contributed by atoms with Gasteiger partial charge in [-0.05, 0) is 94.5 Å². The molecule has 1 heterocycles. The van der Waals surface area contributed by atoms with Crippen molar-refractivity contribution in [2.75, 3.05) is 13.2 Å². The minimum Gasteiger partial charge on any atom is -1.00 e. The van der Waals surface area contributed by atoms with Crippen molar-refractivity contribution in [2.24, 2.45) is 9.66 Å². The van der Waals surface area contributed by atoms with Gasteiger partial charge in [0, 0.05) is 37.8 Å². The van der Waals surface area contributed by atoms with E-state index in [2.05, 4.69) is 83.4 Å². The van der Waals surface area contributed by atoms with Crippen LogP contribution >= 0.6 is 26.6 Å². The number of azide groups is 1. The van der Waals surface area contributed by atoms with Gasteiger partial charge < -0.3 is 24.6 Å². The predicted octanol–water partition coefficient (Wildman–Crippen LogP) is 11.7. The van der Waals surface area contributed by atoms with Crippen LogP contribution in [0.4, 0.5) is 0 Å². The van der Waals surface area contributed by atoms with E-state index in [1.54, 1.807) is 48.5 Å². The minimum absolute atomic E-state index is 0. The molecule has 6 rings (SSSR count). The molecule has 1 aliphatic rings. The molecule has 11 nitrogen and oxygen atoms in total. The van der Waals surface area contributed by atoms with Gasteiger partial charge in [0.25, 0.3) is 19.1 Å². The molecule has 0 unspecified atom stereocenters. The van der Waals surface area contributed by atoms with Gasteiger partial charge in [-0.15, -0.1) is 0 Å². The van der Waals surface area contributed by atoms with Gasteiger partial charge in [0.1, 0.15) is 0 Å². The van der Waals surface area contributed by atoms with Gasteiger partial charge in [0.05, 0.1) is 14.7 Å². The van der Waals surface area contributed by atoms with E-state index < -0.39 is 29.1 Å². The summed E-state index contributed by atoms with van der Waals surface area (Å²) < 4.78 is 76.6. The summed E-state index contributed by atoms with van der Waals surface area (Å²) in [5, 5.41) is 5.07. The third-order valence-corrected chi connectivity index (χ3v) is 13.6. The molecule has 5 aromatic rings. The van der Waals surface area contributed by atoms with Crippen molar-refractivity contribution < 1.29 is 49.8 Å². The Bertz CT molecular complexity index is 2510. The molecule has 1 saturated heterocycles. The molecule has 19 heteroatoms. The second-order valence-corrected chi connectivity index (χ2v) is 22.6. The first-order valence-corrected chi connectivity index (χ1v) is 27.3. The summed E-state index contributed by atoms with van der Waals surface area (Å²) in [6.45, 7) is 22.2. The molecule has 0 saturated carbocycles. The van der Waals surface area contributed by atoms with Crippen LogP contribution in [0.15, 0.2) is 145 Å². The van der Waals surface area contributed by atoms with Gasteiger partial charge >= 0.3 is 46.1 Å². The zero-order valence-corrected chi connectivity index (χ0v) is 50.0. The molecule has 0 radical (unpaired) electrons. The van der Waals surface area contributed by atoms with E-state index in [-0.39, 0.29) is 113 Å². The largest absolute Gasteiger partial charge is 2.00 e. The maximum atomic E-state index is 11.5. The Morgan fingerprint density at radius 3 is 1.23 bits per heavy atom. The van der Waals surface area contributed by atoms with Crippen LogP contribution in [0.1, 0.15) is 157 Å². The first-order chi connectivity index (χ1) is 30.4. The van der Waals surface area contributed by atoms with Crippen molar-refractivity contribution in [3.8, 4) is 0 Å². The quantitative estimate of drug-likeness (QED) is 0.0380. The Balaban J connectivity index is -0.000000141. The van der Waals surface area contributed by atoms with Crippen molar-refractivity contribution in [3.05, 3.63) is 170 Å². The molecule has 0 spiro atoms. The first-order valence-electron chi connectivity index (χ1n) is 21.2. The summed E-state index contributed by atoms with van der Waals surface area (Å²) in [4.78, 5) is 2.84. The van der Waals surface area contributed by atoms with Crippen LogP contribution in [0.3, 0.4) is 0 Å². The summed E-state index contributed by atoms with van der Waals surface area (Å²) in [7, 11) is -5.78. The molecule has 70 heavy (non-hydrogen) atoms. The van der Waals surface area contributed by atoms with Crippen molar-refractivity contribution in [2.45, 2.75) is 141 Å². The molecule has 0 aromatic heterocycles. The fourth-order valence-electron chi connectivity index (χ4n) is 5.90. The van der Waals surface area contributed by atoms with Crippen molar-refractivity contribution in [1.29, 1.82) is 0 Å². The summed E-state index contributed by atoms with van der Waals surface area (Å²) in [6.07, 6.45) is 2.56. The number of primary sulfonamides is 1. The first kappa shape index (κ1) is 76.9. The van der Waals surface area contributed by atoms with Gasteiger partial charge in [-0.25, -0.2) is 30.4 Å². The van der Waals surface area contributed by atoms with E-state index in [4.69, 9.17) is 26.1 Å².